The van der Waals surface area contributed by atoms with Gasteiger partial charge in [-0.15, -0.1) is 0 Å². The maximum Gasteiger partial charge on any atom is 0.237 e. The van der Waals surface area contributed by atoms with Crippen LogP contribution in [0.2, 0.25) is 0 Å². The average Bonchev–Trinajstić information content (AvgIpc) is 2.22. The topological polar surface area (TPSA) is 72.2 Å². The lowest BCUT2D eigenvalue weighted by molar-refractivity contribution is -0.126. The Balaban J connectivity index is 4.30. The summed E-state index contributed by atoms with van der Waals surface area (Å²) in [5, 5.41) is 2.67. The Hall–Kier alpha value is -0.900. The highest BCUT2D eigenvalue weighted by molar-refractivity contribution is 5.84. The molecule has 0 aliphatic heterocycles. The van der Waals surface area contributed by atoms with Gasteiger partial charge in [-0.25, -0.2) is 0 Å². The van der Waals surface area contributed by atoms with Crippen molar-refractivity contribution in [3.63, 3.8) is 0 Å². The highest BCUT2D eigenvalue weighted by atomic mass is 16.2. The molecule has 0 saturated carbocycles. The van der Waals surface area contributed by atoms with Crippen LogP contribution in [0.25, 0.3) is 0 Å². The zero-order valence-electron chi connectivity index (χ0n) is 9.99. The normalized spacial score (nSPS) is 16.9. The van der Waals surface area contributed by atoms with Gasteiger partial charge in [0.15, 0.2) is 0 Å². The van der Waals surface area contributed by atoms with Crippen molar-refractivity contribution in [3.05, 3.63) is 0 Å². The van der Waals surface area contributed by atoms with Gasteiger partial charge < -0.3 is 15.8 Å². The Morgan fingerprint density at radius 1 is 1.40 bits per heavy atom. The van der Waals surface area contributed by atoms with Gasteiger partial charge >= 0.3 is 0 Å². The molecule has 0 unspecified atom stereocenters. The summed E-state index contributed by atoms with van der Waals surface area (Å²) in [6, 6.07) is -0.969. The van der Waals surface area contributed by atoms with E-state index in [1.54, 1.807) is 0 Å². The van der Waals surface area contributed by atoms with E-state index >= 15 is 0 Å². The fraction of sp³-hybridized carbons (Fsp3) is 0.818. The predicted octanol–water partition coefficient (Wildman–Crippen LogP) is 0.700. The van der Waals surface area contributed by atoms with Crippen molar-refractivity contribution < 1.29 is 9.59 Å². The van der Waals surface area contributed by atoms with Gasteiger partial charge in [-0.3, -0.25) is 4.79 Å². The molecule has 4 nitrogen and oxygen atoms in total. The van der Waals surface area contributed by atoms with Gasteiger partial charge in [0.05, 0.1) is 12.1 Å². The minimum Gasteiger partial charge on any atom is -0.345 e. The molecule has 0 radical (unpaired) electrons. The lowest BCUT2D eigenvalue weighted by Crippen LogP contribution is -2.50. The first-order valence-corrected chi connectivity index (χ1v) is 5.45. The average molecular weight is 214 g/mol. The SMILES string of the molecule is CC[C@H](C)[C@H](C=O)NC(=O)[C@@H](N)C(C)C. The Labute approximate surface area is 91.6 Å². The summed E-state index contributed by atoms with van der Waals surface area (Å²) in [6.45, 7) is 7.67. The van der Waals surface area contributed by atoms with E-state index in [0.717, 1.165) is 12.7 Å². The number of hydrogen-bond acceptors (Lipinski definition) is 3. The van der Waals surface area contributed by atoms with Crippen LogP contribution in [0, 0.1) is 11.8 Å². The number of carbonyl (C=O) groups excluding carboxylic acids is 2. The third kappa shape index (κ3) is 4.42. The summed E-state index contributed by atoms with van der Waals surface area (Å²) in [4.78, 5) is 22.4. The molecule has 4 heteroatoms. The summed E-state index contributed by atoms with van der Waals surface area (Å²) in [6.07, 6.45) is 1.62. The molecule has 0 fully saturated rings. The fourth-order valence-electron chi connectivity index (χ4n) is 1.13. The number of aldehydes is 1. The Morgan fingerprint density at radius 2 is 1.93 bits per heavy atom. The Kier molecular flexibility index (Phi) is 6.17. The molecule has 88 valence electrons. The molecule has 0 aliphatic carbocycles. The molecular weight excluding hydrogens is 192 g/mol. The molecule has 0 saturated heterocycles. The second kappa shape index (κ2) is 6.56. The number of nitrogens with two attached hydrogens (primary N) is 1. The van der Waals surface area contributed by atoms with Crippen molar-refractivity contribution in [2.45, 2.75) is 46.2 Å². The first-order valence-electron chi connectivity index (χ1n) is 5.45. The van der Waals surface area contributed by atoms with Crippen LogP contribution in [-0.4, -0.2) is 24.3 Å². The van der Waals surface area contributed by atoms with E-state index in [1.165, 1.54) is 0 Å². The molecule has 3 atom stereocenters. The first kappa shape index (κ1) is 14.1. The van der Waals surface area contributed by atoms with Crippen LogP contribution in [-0.2, 0) is 9.59 Å². The van der Waals surface area contributed by atoms with Crippen LogP contribution >= 0.6 is 0 Å². The van der Waals surface area contributed by atoms with Gasteiger partial charge in [0.1, 0.15) is 6.29 Å². The first-order chi connectivity index (χ1) is 6.93. The molecule has 3 N–H and O–H groups in total. The van der Waals surface area contributed by atoms with Crippen LogP contribution in [0.5, 0.6) is 0 Å². The van der Waals surface area contributed by atoms with E-state index in [0.29, 0.717) is 0 Å². The van der Waals surface area contributed by atoms with Crippen molar-refractivity contribution in [2.75, 3.05) is 0 Å². The highest BCUT2D eigenvalue weighted by Crippen LogP contribution is 2.06. The van der Waals surface area contributed by atoms with Gasteiger partial charge in [0, 0.05) is 0 Å². The van der Waals surface area contributed by atoms with E-state index in [4.69, 9.17) is 5.73 Å². The summed E-state index contributed by atoms with van der Waals surface area (Å²) in [7, 11) is 0. The molecule has 0 aromatic carbocycles. The number of carbonyl (C=O) groups is 2. The van der Waals surface area contributed by atoms with Gasteiger partial charge in [-0.2, -0.15) is 0 Å². The van der Waals surface area contributed by atoms with E-state index in [-0.39, 0.29) is 17.7 Å². The molecule has 0 aromatic heterocycles. The maximum absolute atomic E-state index is 11.6. The lowest BCUT2D eigenvalue weighted by Gasteiger charge is -2.22. The summed E-state index contributed by atoms with van der Waals surface area (Å²) in [5.74, 6) is -0.0255. The molecule has 1 amide bonds. The monoisotopic (exact) mass is 214 g/mol. The molecule has 0 spiro atoms. The van der Waals surface area contributed by atoms with E-state index in [1.807, 2.05) is 27.7 Å². The van der Waals surface area contributed by atoms with E-state index in [2.05, 4.69) is 5.32 Å². The van der Waals surface area contributed by atoms with Crippen LogP contribution in [0.1, 0.15) is 34.1 Å². The van der Waals surface area contributed by atoms with Crippen molar-refractivity contribution >= 4 is 12.2 Å². The summed E-state index contributed by atoms with van der Waals surface area (Å²) >= 11 is 0. The molecule has 0 rings (SSSR count). The second-order valence-corrected chi connectivity index (χ2v) is 4.33. The van der Waals surface area contributed by atoms with E-state index < -0.39 is 12.1 Å². The Bertz CT molecular complexity index is 217. The van der Waals surface area contributed by atoms with Crippen LogP contribution in [0.3, 0.4) is 0 Å². The van der Waals surface area contributed by atoms with Crippen molar-refractivity contribution in [1.82, 2.24) is 5.32 Å². The van der Waals surface area contributed by atoms with Crippen LogP contribution in [0.15, 0.2) is 0 Å². The molecule has 15 heavy (non-hydrogen) atoms. The number of amides is 1. The van der Waals surface area contributed by atoms with Crippen molar-refractivity contribution in [2.24, 2.45) is 17.6 Å². The molecule has 0 aromatic rings. The summed E-state index contributed by atoms with van der Waals surface area (Å²) < 4.78 is 0. The zero-order valence-corrected chi connectivity index (χ0v) is 9.99. The largest absolute Gasteiger partial charge is 0.345 e. The minimum absolute atomic E-state index is 0.0780. The van der Waals surface area contributed by atoms with E-state index in [9.17, 15) is 9.59 Å². The molecule has 0 bridgehead atoms. The van der Waals surface area contributed by atoms with Gasteiger partial charge in [0.25, 0.3) is 0 Å². The van der Waals surface area contributed by atoms with Crippen molar-refractivity contribution in [1.29, 1.82) is 0 Å². The third-order valence-corrected chi connectivity index (χ3v) is 2.73. The standard InChI is InChI=1S/C11H22N2O2/c1-5-8(4)9(6-14)13-11(15)10(12)7(2)3/h6-10H,5,12H2,1-4H3,(H,13,15)/t8-,9-,10-/m0/s1. The Morgan fingerprint density at radius 3 is 2.27 bits per heavy atom. The zero-order chi connectivity index (χ0) is 12.0. The van der Waals surface area contributed by atoms with Gasteiger partial charge in [-0.1, -0.05) is 34.1 Å². The maximum atomic E-state index is 11.6. The quantitative estimate of drug-likeness (QED) is 0.639. The smallest absolute Gasteiger partial charge is 0.237 e. The number of nitrogens with one attached hydrogen (secondary N) is 1. The minimum atomic E-state index is -0.545. The van der Waals surface area contributed by atoms with Crippen LogP contribution < -0.4 is 11.1 Å². The van der Waals surface area contributed by atoms with Crippen molar-refractivity contribution in [3.8, 4) is 0 Å². The second-order valence-electron chi connectivity index (χ2n) is 4.33. The van der Waals surface area contributed by atoms with Gasteiger partial charge in [-0.05, 0) is 11.8 Å². The molecule has 0 aliphatic rings. The van der Waals surface area contributed by atoms with Crippen LogP contribution in [0.4, 0.5) is 0 Å². The molecule has 0 heterocycles. The highest BCUT2D eigenvalue weighted by Gasteiger charge is 2.22. The molecular formula is C11H22N2O2. The predicted molar refractivity (Wildman–Crippen MR) is 60.3 cm³/mol. The fourth-order valence-corrected chi connectivity index (χ4v) is 1.13. The van der Waals surface area contributed by atoms with Gasteiger partial charge in [0.2, 0.25) is 5.91 Å². The summed E-state index contributed by atoms with van der Waals surface area (Å²) in [5.41, 5.74) is 5.68. The third-order valence-electron chi connectivity index (χ3n) is 2.73. The number of rotatable bonds is 6. The number of hydrogen-bond donors (Lipinski definition) is 2. The lowest BCUT2D eigenvalue weighted by atomic mass is 9.98.